The van der Waals surface area contributed by atoms with Crippen LogP contribution in [0.15, 0.2) is 42.5 Å². The van der Waals surface area contributed by atoms with Crippen molar-refractivity contribution in [3.05, 3.63) is 53.9 Å². The number of hydrogen-bond donors (Lipinski definition) is 2. The molecule has 1 heterocycles. The molecular weight excluding hydrogens is 382 g/mol. The van der Waals surface area contributed by atoms with Gasteiger partial charge < -0.3 is 15.2 Å². The van der Waals surface area contributed by atoms with Gasteiger partial charge in [0.2, 0.25) is 0 Å². The van der Waals surface area contributed by atoms with E-state index in [1.165, 1.54) is 0 Å². The van der Waals surface area contributed by atoms with Gasteiger partial charge in [0, 0.05) is 12.5 Å². The van der Waals surface area contributed by atoms with Crippen molar-refractivity contribution in [1.82, 2.24) is 25.5 Å². The van der Waals surface area contributed by atoms with E-state index in [1.807, 2.05) is 37.3 Å². The second-order valence-corrected chi connectivity index (χ2v) is 7.80. The molecule has 1 amide bonds. The molecule has 8 nitrogen and oxygen atoms in total. The molecular formula is C22H27N5O3. The summed E-state index contributed by atoms with van der Waals surface area (Å²) >= 11 is 0. The molecule has 2 N–H and O–H groups in total. The van der Waals surface area contributed by atoms with Crippen LogP contribution in [0.1, 0.15) is 32.2 Å². The molecule has 0 radical (unpaired) electrons. The summed E-state index contributed by atoms with van der Waals surface area (Å²) in [6.07, 6.45) is 0.0783. The van der Waals surface area contributed by atoms with E-state index in [2.05, 4.69) is 34.7 Å². The molecule has 1 aromatic heterocycles. The number of aromatic nitrogens is 4. The van der Waals surface area contributed by atoms with Crippen molar-refractivity contribution >= 4 is 6.09 Å². The minimum atomic E-state index is -0.636. The van der Waals surface area contributed by atoms with Crippen LogP contribution in [0.3, 0.4) is 0 Å². The average Bonchev–Trinajstić information content (AvgIpc) is 3.15. The van der Waals surface area contributed by atoms with Crippen LogP contribution in [0.5, 0.6) is 5.75 Å². The number of tetrazole rings is 1. The van der Waals surface area contributed by atoms with Crippen LogP contribution in [0.25, 0.3) is 16.8 Å². The van der Waals surface area contributed by atoms with Gasteiger partial charge in [0.15, 0.2) is 5.82 Å². The van der Waals surface area contributed by atoms with Gasteiger partial charge in [0.25, 0.3) is 0 Å². The topological polar surface area (TPSA) is 102 Å². The number of carbonyl (C=O) groups excluding carboxylic acids is 1. The Kier molecular flexibility index (Phi) is 6.79. The summed E-state index contributed by atoms with van der Waals surface area (Å²) in [6, 6.07) is 13.2. The van der Waals surface area contributed by atoms with Gasteiger partial charge in [-0.3, -0.25) is 0 Å². The van der Waals surface area contributed by atoms with E-state index in [-0.39, 0.29) is 6.61 Å². The molecule has 0 fully saturated rings. The number of rotatable bonds is 7. The Morgan fingerprint density at radius 2 is 1.87 bits per heavy atom. The van der Waals surface area contributed by atoms with Gasteiger partial charge in [-0.05, 0) is 53.5 Å². The number of nitrogens with one attached hydrogen (secondary N) is 1. The van der Waals surface area contributed by atoms with Crippen LogP contribution < -0.4 is 10.1 Å². The van der Waals surface area contributed by atoms with Crippen LogP contribution in [-0.2, 0) is 6.42 Å². The summed E-state index contributed by atoms with van der Waals surface area (Å²) in [5, 5.41) is 23.8. The molecule has 0 aliphatic carbocycles. The number of aliphatic hydroxyl groups excluding tert-OH is 1. The smallest absolute Gasteiger partial charge is 0.410 e. The SMILES string of the molecule is Cc1ccc(-c2cc(OC(=O)N[C@@H](C)CO)cc(-n3nnnc3CC(C)C)c2)cc1. The second-order valence-electron chi connectivity index (χ2n) is 7.80. The molecule has 30 heavy (non-hydrogen) atoms. The van der Waals surface area contributed by atoms with Crippen molar-refractivity contribution < 1.29 is 14.6 Å². The number of hydrogen-bond acceptors (Lipinski definition) is 6. The first-order chi connectivity index (χ1) is 14.4. The Balaban J connectivity index is 2.01. The lowest BCUT2D eigenvalue weighted by Crippen LogP contribution is -2.37. The molecule has 0 bridgehead atoms. The standard InChI is InChI=1S/C22H27N5O3/c1-14(2)9-21-24-25-26-27(21)19-10-18(17-7-5-15(3)6-8-17)11-20(12-19)30-22(29)23-16(4)13-28/h5-8,10-12,14,16,28H,9,13H2,1-4H3,(H,23,29)/t16-/m0/s1. The number of ether oxygens (including phenoxy) is 1. The van der Waals surface area contributed by atoms with E-state index in [4.69, 9.17) is 9.84 Å². The fourth-order valence-corrected chi connectivity index (χ4v) is 2.96. The highest BCUT2D eigenvalue weighted by Gasteiger charge is 2.15. The fourth-order valence-electron chi connectivity index (χ4n) is 2.96. The molecule has 0 saturated carbocycles. The third-order valence-corrected chi connectivity index (χ3v) is 4.49. The first kappa shape index (κ1) is 21.4. The van der Waals surface area contributed by atoms with Crippen molar-refractivity contribution in [3.63, 3.8) is 0 Å². The van der Waals surface area contributed by atoms with Crippen LogP contribution in [0.4, 0.5) is 4.79 Å². The average molecular weight is 409 g/mol. The number of benzene rings is 2. The van der Waals surface area contributed by atoms with Gasteiger partial charge in [0.1, 0.15) is 5.75 Å². The lowest BCUT2D eigenvalue weighted by Gasteiger charge is -2.14. The van der Waals surface area contributed by atoms with Crippen LogP contribution in [-0.4, -0.2) is 44.1 Å². The number of amides is 1. The van der Waals surface area contributed by atoms with Gasteiger partial charge in [-0.1, -0.05) is 43.7 Å². The van der Waals surface area contributed by atoms with Gasteiger partial charge >= 0.3 is 6.09 Å². The van der Waals surface area contributed by atoms with E-state index in [0.717, 1.165) is 22.5 Å². The predicted octanol–water partition coefficient (Wildman–Crippen LogP) is 3.31. The van der Waals surface area contributed by atoms with Crippen molar-refractivity contribution in [2.24, 2.45) is 5.92 Å². The lowest BCUT2D eigenvalue weighted by atomic mass is 10.0. The normalized spacial score (nSPS) is 12.1. The molecule has 0 aliphatic rings. The molecule has 0 unspecified atom stereocenters. The Bertz CT molecular complexity index is 998. The van der Waals surface area contributed by atoms with E-state index >= 15 is 0 Å². The third kappa shape index (κ3) is 5.42. The molecule has 3 aromatic rings. The highest BCUT2D eigenvalue weighted by molar-refractivity contribution is 5.74. The number of aliphatic hydroxyl groups is 1. The van der Waals surface area contributed by atoms with E-state index in [0.29, 0.717) is 23.8 Å². The summed E-state index contributed by atoms with van der Waals surface area (Å²) < 4.78 is 7.15. The Hall–Kier alpha value is -3.26. The molecule has 1 atom stereocenters. The Morgan fingerprint density at radius 1 is 1.13 bits per heavy atom. The molecule has 158 valence electrons. The van der Waals surface area contributed by atoms with Gasteiger partial charge in [-0.15, -0.1) is 5.10 Å². The maximum atomic E-state index is 12.2. The van der Waals surface area contributed by atoms with Crippen LogP contribution in [0.2, 0.25) is 0 Å². The van der Waals surface area contributed by atoms with Crippen molar-refractivity contribution in [1.29, 1.82) is 0 Å². The Morgan fingerprint density at radius 3 is 2.53 bits per heavy atom. The molecule has 0 aliphatic heterocycles. The van der Waals surface area contributed by atoms with Crippen molar-refractivity contribution in [2.45, 2.75) is 40.2 Å². The number of carbonyl (C=O) groups is 1. The number of nitrogens with zero attached hydrogens (tertiary/aromatic N) is 4. The summed E-state index contributed by atoms with van der Waals surface area (Å²) in [4.78, 5) is 12.2. The Labute approximate surface area is 175 Å². The zero-order valence-corrected chi connectivity index (χ0v) is 17.7. The fraction of sp³-hybridized carbons (Fsp3) is 0.364. The van der Waals surface area contributed by atoms with E-state index in [1.54, 1.807) is 23.7 Å². The predicted molar refractivity (Wildman–Crippen MR) is 114 cm³/mol. The van der Waals surface area contributed by atoms with Gasteiger partial charge in [0.05, 0.1) is 18.3 Å². The quantitative estimate of drug-likeness (QED) is 0.621. The summed E-state index contributed by atoms with van der Waals surface area (Å²) in [7, 11) is 0. The maximum Gasteiger partial charge on any atom is 0.412 e. The van der Waals surface area contributed by atoms with Gasteiger partial charge in [-0.25, -0.2) is 4.79 Å². The monoisotopic (exact) mass is 409 g/mol. The first-order valence-corrected chi connectivity index (χ1v) is 9.94. The van der Waals surface area contributed by atoms with Crippen LogP contribution in [0, 0.1) is 12.8 Å². The number of aryl methyl sites for hydroxylation is 1. The molecule has 2 aromatic carbocycles. The summed E-state index contributed by atoms with van der Waals surface area (Å²) in [6.45, 7) is 7.74. The minimum Gasteiger partial charge on any atom is -0.410 e. The first-order valence-electron chi connectivity index (χ1n) is 9.94. The van der Waals surface area contributed by atoms with E-state index in [9.17, 15) is 4.79 Å². The largest absolute Gasteiger partial charge is 0.412 e. The third-order valence-electron chi connectivity index (χ3n) is 4.49. The highest BCUT2D eigenvalue weighted by Crippen LogP contribution is 2.29. The molecule has 0 spiro atoms. The second kappa shape index (κ2) is 9.49. The van der Waals surface area contributed by atoms with E-state index < -0.39 is 12.1 Å². The maximum absolute atomic E-state index is 12.2. The zero-order chi connectivity index (χ0) is 21.7. The zero-order valence-electron chi connectivity index (χ0n) is 17.7. The summed E-state index contributed by atoms with van der Waals surface area (Å²) in [5.74, 6) is 1.48. The van der Waals surface area contributed by atoms with Crippen molar-refractivity contribution in [3.8, 4) is 22.6 Å². The minimum absolute atomic E-state index is 0.174. The van der Waals surface area contributed by atoms with Crippen molar-refractivity contribution in [2.75, 3.05) is 6.61 Å². The van der Waals surface area contributed by atoms with Crippen LogP contribution >= 0.6 is 0 Å². The molecule has 8 heteroatoms. The lowest BCUT2D eigenvalue weighted by molar-refractivity contribution is 0.186. The molecule has 3 rings (SSSR count). The van der Waals surface area contributed by atoms with Gasteiger partial charge in [-0.2, -0.15) is 4.68 Å². The highest BCUT2D eigenvalue weighted by atomic mass is 16.6. The summed E-state index contributed by atoms with van der Waals surface area (Å²) in [5.41, 5.74) is 3.71. The molecule has 0 saturated heterocycles.